The van der Waals surface area contributed by atoms with Gasteiger partial charge in [0, 0.05) is 0 Å². The van der Waals surface area contributed by atoms with E-state index in [1.807, 2.05) is 6.08 Å². The van der Waals surface area contributed by atoms with Crippen LogP contribution < -0.4 is 0 Å². The summed E-state index contributed by atoms with van der Waals surface area (Å²) in [5.41, 5.74) is 0. The molecule has 1 aliphatic rings. The Hall–Kier alpha value is -0.300. The first-order chi connectivity index (χ1) is 5.33. The summed E-state index contributed by atoms with van der Waals surface area (Å²) >= 11 is 0. The fourth-order valence-corrected chi connectivity index (χ4v) is 1.88. The minimum atomic E-state index is -0.0394. The van der Waals surface area contributed by atoms with Crippen LogP contribution in [0.4, 0.5) is 0 Å². The van der Waals surface area contributed by atoms with E-state index in [0.29, 0.717) is 5.92 Å². The molecular formula is C10H18O. The molecule has 0 aromatic carbocycles. The summed E-state index contributed by atoms with van der Waals surface area (Å²) in [7, 11) is 0. The topological polar surface area (TPSA) is 20.2 Å². The van der Waals surface area contributed by atoms with Gasteiger partial charge in [0.15, 0.2) is 0 Å². The smallest absolute Gasteiger partial charge is 0.0543 e. The first kappa shape index (κ1) is 8.79. The normalized spacial score (nSPS) is 32.8. The van der Waals surface area contributed by atoms with E-state index in [0.717, 1.165) is 19.3 Å². The summed E-state index contributed by atoms with van der Waals surface area (Å²) in [4.78, 5) is 0. The highest BCUT2D eigenvalue weighted by Gasteiger charge is 2.16. The summed E-state index contributed by atoms with van der Waals surface area (Å²) < 4.78 is 0. The lowest BCUT2D eigenvalue weighted by Crippen LogP contribution is -2.09. The highest BCUT2D eigenvalue weighted by Crippen LogP contribution is 2.25. The van der Waals surface area contributed by atoms with Crippen LogP contribution in [-0.2, 0) is 0 Å². The highest BCUT2D eigenvalue weighted by molar-refractivity contribution is 4.77. The molecular weight excluding hydrogens is 136 g/mol. The quantitative estimate of drug-likeness (QED) is 0.478. The lowest BCUT2D eigenvalue weighted by Gasteiger charge is -2.13. The van der Waals surface area contributed by atoms with Crippen molar-refractivity contribution in [1.82, 2.24) is 0 Å². The molecule has 0 aliphatic heterocycles. The Labute approximate surface area is 69.1 Å². The van der Waals surface area contributed by atoms with Crippen LogP contribution in [0.3, 0.4) is 0 Å². The van der Waals surface area contributed by atoms with Crippen molar-refractivity contribution in [1.29, 1.82) is 0 Å². The largest absolute Gasteiger partial charge is 0.393 e. The zero-order valence-corrected chi connectivity index (χ0v) is 7.13. The Morgan fingerprint density at radius 2 is 2.09 bits per heavy atom. The summed E-state index contributed by atoms with van der Waals surface area (Å²) in [5, 5.41) is 9.45. The SMILES string of the molecule is C=CCC1CCCCC(O)C1. The fraction of sp³-hybridized carbons (Fsp3) is 0.800. The van der Waals surface area contributed by atoms with Gasteiger partial charge in [-0.3, -0.25) is 0 Å². The van der Waals surface area contributed by atoms with Crippen LogP contribution in [-0.4, -0.2) is 11.2 Å². The first-order valence-corrected chi connectivity index (χ1v) is 4.62. The molecule has 2 unspecified atom stereocenters. The molecule has 0 spiro atoms. The van der Waals surface area contributed by atoms with E-state index in [1.54, 1.807) is 0 Å². The number of rotatable bonds is 2. The van der Waals surface area contributed by atoms with Gasteiger partial charge in [0.2, 0.25) is 0 Å². The number of allylic oxidation sites excluding steroid dienone is 1. The Morgan fingerprint density at radius 3 is 2.82 bits per heavy atom. The summed E-state index contributed by atoms with van der Waals surface area (Å²) in [5.74, 6) is 0.699. The highest BCUT2D eigenvalue weighted by atomic mass is 16.3. The molecule has 0 saturated heterocycles. The van der Waals surface area contributed by atoms with Gasteiger partial charge in [-0.2, -0.15) is 0 Å². The van der Waals surface area contributed by atoms with Crippen molar-refractivity contribution in [3.63, 3.8) is 0 Å². The van der Waals surface area contributed by atoms with E-state index in [-0.39, 0.29) is 6.10 Å². The van der Waals surface area contributed by atoms with E-state index >= 15 is 0 Å². The van der Waals surface area contributed by atoms with E-state index < -0.39 is 0 Å². The number of aliphatic hydroxyl groups is 1. The van der Waals surface area contributed by atoms with Gasteiger partial charge in [0.05, 0.1) is 6.10 Å². The minimum Gasteiger partial charge on any atom is -0.393 e. The summed E-state index contributed by atoms with van der Waals surface area (Å²) in [6, 6.07) is 0. The molecule has 1 aliphatic carbocycles. The Bertz CT molecular complexity index is 120. The molecule has 2 atom stereocenters. The predicted molar refractivity (Wildman–Crippen MR) is 47.4 cm³/mol. The lowest BCUT2D eigenvalue weighted by atomic mass is 9.96. The van der Waals surface area contributed by atoms with Crippen molar-refractivity contribution < 1.29 is 5.11 Å². The van der Waals surface area contributed by atoms with E-state index in [9.17, 15) is 5.11 Å². The van der Waals surface area contributed by atoms with Crippen LogP contribution in [0.5, 0.6) is 0 Å². The lowest BCUT2D eigenvalue weighted by molar-refractivity contribution is 0.142. The monoisotopic (exact) mass is 154 g/mol. The van der Waals surface area contributed by atoms with Crippen LogP contribution >= 0.6 is 0 Å². The van der Waals surface area contributed by atoms with Gasteiger partial charge in [-0.15, -0.1) is 6.58 Å². The molecule has 1 rings (SSSR count). The van der Waals surface area contributed by atoms with Crippen molar-refractivity contribution in [2.75, 3.05) is 0 Å². The van der Waals surface area contributed by atoms with Crippen LogP contribution in [0.1, 0.15) is 38.5 Å². The van der Waals surface area contributed by atoms with Crippen molar-refractivity contribution in [2.24, 2.45) is 5.92 Å². The molecule has 0 amide bonds. The maximum atomic E-state index is 9.45. The van der Waals surface area contributed by atoms with Gasteiger partial charge in [-0.1, -0.05) is 25.3 Å². The van der Waals surface area contributed by atoms with Crippen LogP contribution in [0.25, 0.3) is 0 Å². The Morgan fingerprint density at radius 1 is 1.36 bits per heavy atom. The maximum absolute atomic E-state index is 9.45. The second-order valence-electron chi connectivity index (χ2n) is 3.56. The molecule has 0 bridgehead atoms. The van der Waals surface area contributed by atoms with E-state index in [1.165, 1.54) is 19.3 Å². The van der Waals surface area contributed by atoms with Crippen molar-refractivity contribution in [3.05, 3.63) is 12.7 Å². The average Bonchev–Trinajstić information content (AvgIpc) is 2.15. The first-order valence-electron chi connectivity index (χ1n) is 4.62. The van der Waals surface area contributed by atoms with Crippen molar-refractivity contribution >= 4 is 0 Å². The standard InChI is InChI=1S/C10H18O/c1-2-5-9-6-3-4-7-10(11)8-9/h2,9-11H,1,3-8H2. The summed E-state index contributed by atoms with van der Waals surface area (Å²) in [6.45, 7) is 3.73. The zero-order valence-electron chi connectivity index (χ0n) is 7.13. The second kappa shape index (κ2) is 4.55. The number of hydrogen-bond acceptors (Lipinski definition) is 1. The summed E-state index contributed by atoms with van der Waals surface area (Å²) in [6.07, 6.45) is 8.79. The van der Waals surface area contributed by atoms with E-state index in [4.69, 9.17) is 0 Å². The molecule has 0 aromatic rings. The maximum Gasteiger partial charge on any atom is 0.0543 e. The van der Waals surface area contributed by atoms with Crippen LogP contribution in [0, 0.1) is 5.92 Å². The minimum absolute atomic E-state index is 0.0394. The van der Waals surface area contributed by atoms with Crippen LogP contribution in [0.15, 0.2) is 12.7 Å². The third-order valence-corrected chi connectivity index (χ3v) is 2.51. The van der Waals surface area contributed by atoms with Crippen molar-refractivity contribution in [3.8, 4) is 0 Å². The Balaban J connectivity index is 2.32. The molecule has 1 N–H and O–H groups in total. The molecule has 11 heavy (non-hydrogen) atoms. The fourth-order valence-electron chi connectivity index (χ4n) is 1.88. The molecule has 1 nitrogen and oxygen atoms in total. The number of hydrogen-bond donors (Lipinski definition) is 1. The average molecular weight is 154 g/mol. The van der Waals surface area contributed by atoms with Gasteiger partial charge >= 0.3 is 0 Å². The zero-order chi connectivity index (χ0) is 8.10. The van der Waals surface area contributed by atoms with Gasteiger partial charge in [0.1, 0.15) is 0 Å². The van der Waals surface area contributed by atoms with Gasteiger partial charge < -0.3 is 5.11 Å². The van der Waals surface area contributed by atoms with Gasteiger partial charge in [0.25, 0.3) is 0 Å². The molecule has 1 heteroatoms. The van der Waals surface area contributed by atoms with Gasteiger partial charge in [-0.25, -0.2) is 0 Å². The van der Waals surface area contributed by atoms with E-state index in [2.05, 4.69) is 6.58 Å². The predicted octanol–water partition coefficient (Wildman–Crippen LogP) is 2.50. The third-order valence-electron chi connectivity index (χ3n) is 2.51. The molecule has 64 valence electrons. The number of aliphatic hydroxyl groups excluding tert-OH is 1. The molecule has 1 fully saturated rings. The molecule has 0 heterocycles. The van der Waals surface area contributed by atoms with Gasteiger partial charge in [-0.05, 0) is 25.2 Å². The molecule has 0 aromatic heterocycles. The van der Waals surface area contributed by atoms with Crippen molar-refractivity contribution in [2.45, 2.75) is 44.6 Å². The molecule has 0 radical (unpaired) electrons. The Kier molecular flexibility index (Phi) is 3.64. The van der Waals surface area contributed by atoms with Crippen LogP contribution in [0.2, 0.25) is 0 Å². The third kappa shape index (κ3) is 3.06. The second-order valence-corrected chi connectivity index (χ2v) is 3.56. The molecule has 1 saturated carbocycles.